The van der Waals surface area contributed by atoms with Gasteiger partial charge < -0.3 is 9.80 Å². The smallest absolute Gasteiger partial charge is 0.343 e. The van der Waals surface area contributed by atoms with E-state index >= 15 is 0 Å². The van der Waals surface area contributed by atoms with Crippen LogP contribution in [0.25, 0.3) is 0 Å². The van der Waals surface area contributed by atoms with Crippen molar-refractivity contribution in [2.24, 2.45) is 5.41 Å². The molecule has 0 aliphatic carbocycles. The highest BCUT2D eigenvalue weighted by atomic mass is 19.4. The van der Waals surface area contributed by atoms with E-state index in [9.17, 15) is 22.8 Å². The molecular weight excluding hydrogens is 359 g/mol. The first-order valence-electron chi connectivity index (χ1n) is 9.28. The maximum Gasteiger partial charge on any atom is 0.389 e. The van der Waals surface area contributed by atoms with Crippen molar-refractivity contribution in [1.82, 2.24) is 14.8 Å². The largest absolute Gasteiger partial charge is 0.389 e. The Morgan fingerprint density at radius 2 is 1.96 bits per heavy atom. The molecule has 148 valence electrons. The lowest BCUT2D eigenvalue weighted by Gasteiger charge is -2.47. The first-order valence-corrected chi connectivity index (χ1v) is 9.28. The van der Waals surface area contributed by atoms with E-state index in [1.165, 1.54) is 0 Å². The molecule has 2 fully saturated rings. The lowest BCUT2D eigenvalue weighted by atomic mass is 9.72. The van der Waals surface area contributed by atoms with E-state index in [1.54, 1.807) is 17.3 Å². The summed E-state index contributed by atoms with van der Waals surface area (Å²) in [6, 6.07) is 3.77. The summed E-state index contributed by atoms with van der Waals surface area (Å²) >= 11 is 0. The molecule has 3 heterocycles. The van der Waals surface area contributed by atoms with E-state index in [0.717, 1.165) is 24.8 Å². The van der Waals surface area contributed by atoms with Crippen molar-refractivity contribution in [3.8, 4) is 0 Å². The van der Waals surface area contributed by atoms with Crippen LogP contribution in [0.5, 0.6) is 0 Å². The van der Waals surface area contributed by atoms with Gasteiger partial charge in [0.25, 0.3) is 0 Å². The van der Waals surface area contributed by atoms with Crippen LogP contribution >= 0.6 is 0 Å². The molecule has 0 bridgehead atoms. The summed E-state index contributed by atoms with van der Waals surface area (Å²) in [6.07, 6.45) is 0.280. The molecule has 0 N–H and O–H groups in total. The summed E-state index contributed by atoms with van der Waals surface area (Å²) in [5.74, 6) is -0.311. The highest BCUT2D eigenvalue weighted by Gasteiger charge is 2.42. The summed E-state index contributed by atoms with van der Waals surface area (Å²) in [5.41, 5.74) is 0.930. The Labute approximate surface area is 156 Å². The third-order valence-electron chi connectivity index (χ3n) is 5.64. The number of amides is 2. The Bertz CT molecular complexity index is 671. The first kappa shape index (κ1) is 19.6. The van der Waals surface area contributed by atoms with Crippen LogP contribution in [0.2, 0.25) is 0 Å². The van der Waals surface area contributed by atoms with Gasteiger partial charge in [0.15, 0.2) is 0 Å². The van der Waals surface area contributed by atoms with Gasteiger partial charge in [0.05, 0.1) is 6.42 Å². The van der Waals surface area contributed by atoms with E-state index in [-0.39, 0.29) is 11.3 Å². The van der Waals surface area contributed by atoms with Crippen molar-refractivity contribution in [2.45, 2.75) is 51.2 Å². The van der Waals surface area contributed by atoms with Gasteiger partial charge >= 0.3 is 6.18 Å². The molecule has 1 aromatic rings. The van der Waals surface area contributed by atoms with E-state index in [2.05, 4.69) is 4.98 Å². The second-order valence-corrected chi connectivity index (χ2v) is 7.61. The molecule has 1 aromatic heterocycles. The molecule has 2 saturated heterocycles. The van der Waals surface area contributed by atoms with E-state index in [1.807, 2.05) is 17.0 Å². The van der Waals surface area contributed by atoms with Crippen molar-refractivity contribution in [2.75, 3.05) is 19.6 Å². The number of pyridine rings is 1. The van der Waals surface area contributed by atoms with Gasteiger partial charge in [-0.25, -0.2) is 0 Å². The van der Waals surface area contributed by atoms with Crippen LogP contribution in [0.3, 0.4) is 0 Å². The number of halogens is 3. The summed E-state index contributed by atoms with van der Waals surface area (Å²) < 4.78 is 36.9. The standard InChI is InChI=1S/C19H24F3N3O2/c20-19(21,22)6-4-16(26)24-10-7-18(8-11-24)5-3-17(27)25(14-18)13-15-2-1-9-23-12-15/h1-2,9,12H,3-8,10-11,13-14H2. The molecular formula is C19H24F3N3O2. The van der Waals surface area contributed by atoms with Gasteiger partial charge in [0.2, 0.25) is 11.8 Å². The lowest BCUT2D eigenvalue weighted by molar-refractivity contribution is -0.151. The first-order chi connectivity index (χ1) is 12.8. The highest BCUT2D eigenvalue weighted by Crippen LogP contribution is 2.40. The Balaban J connectivity index is 1.55. The molecule has 0 aromatic carbocycles. The zero-order valence-corrected chi connectivity index (χ0v) is 15.2. The summed E-state index contributed by atoms with van der Waals surface area (Å²) in [4.78, 5) is 31.8. The molecule has 27 heavy (non-hydrogen) atoms. The zero-order chi connectivity index (χ0) is 19.5. The van der Waals surface area contributed by atoms with E-state index < -0.39 is 24.9 Å². The number of alkyl halides is 3. The van der Waals surface area contributed by atoms with Crippen molar-refractivity contribution in [3.63, 3.8) is 0 Å². The van der Waals surface area contributed by atoms with Gasteiger partial charge in [-0.3, -0.25) is 14.6 Å². The number of rotatable bonds is 4. The van der Waals surface area contributed by atoms with Crippen LogP contribution in [-0.4, -0.2) is 52.4 Å². The van der Waals surface area contributed by atoms with Crippen LogP contribution in [-0.2, 0) is 16.1 Å². The second-order valence-electron chi connectivity index (χ2n) is 7.61. The minimum absolute atomic E-state index is 0.0447. The molecule has 1 spiro atoms. The second kappa shape index (κ2) is 7.86. The Kier molecular flexibility index (Phi) is 5.72. The number of piperidine rings is 2. The van der Waals surface area contributed by atoms with Gasteiger partial charge in [0.1, 0.15) is 0 Å². The Morgan fingerprint density at radius 1 is 1.22 bits per heavy atom. The summed E-state index contributed by atoms with van der Waals surface area (Å²) in [7, 11) is 0. The zero-order valence-electron chi connectivity index (χ0n) is 15.2. The number of hydrogen-bond donors (Lipinski definition) is 0. The third kappa shape index (κ3) is 5.20. The van der Waals surface area contributed by atoms with Crippen molar-refractivity contribution < 1.29 is 22.8 Å². The fraction of sp³-hybridized carbons (Fsp3) is 0.632. The van der Waals surface area contributed by atoms with Crippen molar-refractivity contribution >= 4 is 11.8 Å². The number of likely N-dealkylation sites (tertiary alicyclic amines) is 2. The predicted octanol–water partition coefficient (Wildman–Crippen LogP) is 3.16. The van der Waals surface area contributed by atoms with E-state index in [0.29, 0.717) is 32.6 Å². The topological polar surface area (TPSA) is 53.5 Å². The number of carbonyl (C=O) groups excluding carboxylic acids is 2. The number of hydrogen-bond acceptors (Lipinski definition) is 3. The molecule has 0 radical (unpaired) electrons. The van der Waals surface area contributed by atoms with Crippen LogP contribution in [0.15, 0.2) is 24.5 Å². The molecule has 0 atom stereocenters. The Hall–Kier alpha value is -2.12. The van der Waals surface area contributed by atoms with E-state index in [4.69, 9.17) is 0 Å². The quantitative estimate of drug-likeness (QED) is 0.803. The van der Waals surface area contributed by atoms with Crippen LogP contribution in [0, 0.1) is 5.41 Å². The molecule has 2 aliphatic heterocycles. The van der Waals surface area contributed by atoms with Crippen LogP contribution in [0.4, 0.5) is 13.2 Å². The maximum atomic E-state index is 12.3. The number of aromatic nitrogens is 1. The molecule has 3 rings (SSSR count). The minimum atomic E-state index is -4.30. The number of nitrogens with zero attached hydrogens (tertiary/aromatic N) is 3. The summed E-state index contributed by atoms with van der Waals surface area (Å²) in [5, 5.41) is 0. The SMILES string of the molecule is O=C(CCC(F)(F)F)N1CCC2(CCC(=O)N(Cc3cccnc3)C2)CC1. The fourth-order valence-electron chi connectivity index (χ4n) is 4.00. The van der Waals surface area contributed by atoms with Gasteiger partial charge in [-0.1, -0.05) is 6.07 Å². The van der Waals surface area contributed by atoms with Gasteiger partial charge in [-0.2, -0.15) is 13.2 Å². The van der Waals surface area contributed by atoms with Gasteiger partial charge in [-0.15, -0.1) is 0 Å². The molecule has 2 aliphatic rings. The molecule has 8 heteroatoms. The fourth-order valence-corrected chi connectivity index (χ4v) is 4.00. The van der Waals surface area contributed by atoms with Crippen LogP contribution in [0.1, 0.15) is 44.1 Å². The normalized spacial score (nSPS) is 20.2. The monoisotopic (exact) mass is 383 g/mol. The Morgan fingerprint density at radius 3 is 2.59 bits per heavy atom. The lowest BCUT2D eigenvalue weighted by Crippen LogP contribution is -2.52. The number of carbonyl (C=O) groups is 2. The van der Waals surface area contributed by atoms with Gasteiger partial charge in [0, 0.05) is 51.4 Å². The molecule has 0 unspecified atom stereocenters. The average Bonchev–Trinajstić information content (AvgIpc) is 2.64. The predicted molar refractivity (Wildman–Crippen MR) is 92.4 cm³/mol. The van der Waals surface area contributed by atoms with Crippen molar-refractivity contribution in [3.05, 3.63) is 30.1 Å². The van der Waals surface area contributed by atoms with Gasteiger partial charge in [-0.05, 0) is 36.3 Å². The molecule has 5 nitrogen and oxygen atoms in total. The third-order valence-corrected chi connectivity index (χ3v) is 5.64. The molecule has 2 amide bonds. The van der Waals surface area contributed by atoms with Crippen LogP contribution < -0.4 is 0 Å². The van der Waals surface area contributed by atoms with Crippen molar-refractivity contribution in [1.29, 1.82) is 0 Å². The average molecular weight is 383 g/mol. The highest BCUT2D eigenvalue weighted by molar-refractivity contribution is 5.77. The maximum absolute atomic E-state index is 12.3. The minimum Gasteiger partial charge on any atom is -0.343 e. The summed E-state index contributed by atoms with van der Waals surface area (Å²) in [6.45, 7) is 2.07. The molecule has 0 saturated carbocycles.